The molecule has 1 fully saturated rings. The summed E-state index contributed by atoms with van der Waals surface area (Å²) in [5, 5.41) is 3.26. The van der Waals surface area contributed by atoms with Crippen LogP contribution in [0.25, 0.3) is 0 Å². The normalized spacial score (nSPS) is 19.2. The summed E-state index contributed by atoms with van der Waals surface area (Å²) < 4.78 is 5.07. The van der Waals surface area contributed by atoms with Crippen LogP contribution < -0.4 is 5.32 Å². The van der Waals surface area contributed by atoms with E-state index < -0.39 is 0 Å². The van der Waals surface area contributed by atoms with Gasteiger partial charge in [-0.25, -0.2) is 4.98 Å². The number of ether oxygens (including phenoxy) is 1. The monoisotopic (exact) mass is 297 g/mol. The molecule has 0 spiro atoms. The Morgan fingerprint density at radius 3 is 3.20 bits per heavy atom. The lowest BCUT2D eigenvalue weighted by atomic mass is 10.1. The van der Waals surface area contributed by atoms with Crippen LogP contribution in [0.4, 0.5) is 0 Å². The Morgan fingerprint density at radius 1 is 1.60 bits per heavy atom. The van der Waals surface area contributed by atoms with E-state index in [-0.39, 0.29) is 5.91 Å². The van der Waals surface area contributed by atoms with Gasteiger partial charge in [-0.05, 0) is 31.0 Å². The minimum Gasteiger partial charge on any atom is -0.383 e. The van der Waals surface area contributed by atoms with Gasteiger partial charge in [-0.2, -0.15) is 0 Å². The van der Waals surface area contributed by atoms with Crippen LogP contribution in [0.1, 0.15) is 16.9 Å². The second-order valence-electron chi connectivity index (χ2n) is 5.00. The molecule has 0 saturated carbocycles. The molecule has 1 aromatic heterocycles. The third-order valence-corrected chi connectivity index (χ3v) is 3.69. The molecule has 1 unspecified atom stereocenters. The number of pyridine rings is 1. The zero-order valence-corrected chi connectivity index (χ0v) is 12.4. The van der Waals surface area contributed by atoms with Gasteiger partial charge in [-0.3, -0.25) is 4.79 Å². The summed E-state index contributed by atoms with van der Waals surface area (Å²) in [5.74, 6) is 0.331. The summed E-state index contributed by atoms with van der Waals surface area (Å²) in [6.45, 7) is 4.46. The third-order valence-electron chi connectivity index (χ3n) is 3.48. The number of hydrogen-bond acceptors (Lipinski definition) is 4. The Labute approximate surface area is 124 Å². The molecule has 0 aromatic carbocycles. The van der Waals surface area contributed by atoms with Gasteiger partial charge in [-0.1, -0.05) is 17.7 Å². The Hall–Kier alpha value is -1.17. The Kier molecular flexibility index (Phi) is 5.76. The first-order valence-corrected chi connectivity index (χ1v) is 7.19. The van der Waals surface area contributed by atoms with Crippen LogP contribution in [0.15, 0.2) is 18.2 Å². The van der Waals surface area contributed by atoms with E-state index in [1.165, 1.54) is 0 Å². The average Bonchev–Trinajstić information content (AvgIpc) is 2.90. The molecule has 1 saturated heterocycles. The molecule has 5 nitrogen and oxygen atoms in total. The molecule has 20 heavy (non-hydrogen) atoms. The molecular weight excluding hydrogens is 278 g/mol. The summed E-state index contributed by atoms with van der Waals surface area (Å²) in [6, 6.07) is 5.05. The Bertz CT molecular complexity index is 456. The fourth-order valence-electron chi connectivity index (χ4n) is 2.37. The van der Waals surface area contributed by atoms with Crippen molar-refractivity contribution in [2.24, 2.45) is 5.92 Å². The summed E-state index contributed by atoms with van der Waals surface area (Å²) >= 11 is 5.77. The van der Waals surface area contributed by atoms with Crippen LogP contribution in [-0.4, -0.2) is 55.7 Å². The number of rotatable bonds is 6. The van der Waals surface area contributed by atoms with Crippen molar-refractivity contribution in [1.82, 2.24) is 15.2 Å². The molecular formula is C14H20ClN3O2. The first kappa shape index (κ1) is 15.2. The fraction of sp³-hybridized carbons (Fsp3) is 0.571. The van der Waals surface area contributed by atoms with Gasteiger partial charge >= 0.3 is 0 Å². The van der Waals surface area contributed by atoms with Crippen LogP contribution in [0.5, 0.6) is 0 Å². The number of nitrogens with zero attached hydrogens (tertiary/aromatic N) is 2. The van der Waals surface area contributed by atoms with Crippen LogP contribution in [0.3, 0.4) is 0 Å². The van der Waals surface area contributed by atoms with Gasteiger partial charge in [0.1, 0.15) is 10.8 Å². The molecule has 2 heterocycles. The summed E-state index contributed by atoms with van der Waals surface area (Å²) in [5.41, 5.74) is 0.367. The summed E-state index contributed by atoms with van der Waals surface area (Å²) in [4.78, 5) is 18.3. The van der Waals surface area contributed by atoms with Crippen molar-refractivity contribution in [3.8, 4) is 0 Å². The van der Waals surface area contributed by atoms with Gasteiger partial charge in [0.25, 0.3) is 5.91 Å². The number of amides is 1. The fourth-order valence-corrected chi connectivity index (χ4v) is 2.53. The predicted octanol–water partition coefficient (Wildman–Crippen LogP) is 1.43. The maximum Gasteiger partial charge on any atom is 0.269 e. The zero-order valence-electron chi connectivity index (χ0n) is 11.6. The number of carbonyl (C=O) groups excluding carboxylic acids is 1. The largest absolute Gasteiger partial charge is 0.383 e. The highest BCUT2D eigenvalue weighted by Gasteiger charge is 2.22. The number of nitrogens with one attached hydrogen (secondary N) is 1. The van der Waals surface area contributed by atoms with Gasteiger partial charge in [-0.15, -0.1) is 0 Å². The van der Waals surface area contributed by atoms with Crippen molar-refractivity contribution in [2.75, 3.05) is 39.9 Å². The number of halogens is 1. The van der Waals surface area contributed by atoms with Gasteiger partial charge in [0.2, 0.25) is 0 Å². The van der Waals surface area contributed by atoms with Crippen molar-refractivity contribution in [3.63, 3.8) is 0 Å². The Balaban J connectivity index is 1.74. The van der Waals surface area contributed by atoms with Crippen LogP contribution >= 0.6 is 11.6 Å². The topological polar surface area (TPSA) is 54.5 Å². The van der Waals surface area contributed by atoms with E-state index in [0.717, 1.165) is 32.7 Å². The SMILES string of the molecule is COCCN1CCC(CNC(=O)c2cccc(Cl)n2)C1. The van der Waals surface area contributed by atoms with E-state index in [9.17, 15) is 4.79 Å². The van der Waals surface area contributed by atoms with Crippen molar-refractivity contribution in [3.05, 3.63) is 29.0 Å². The average molecular weight is 298 g/mol. The number of aromatic nitrogens is 1. The molecule has 1 aromatic rings. The van der Waals surface area contributed by atoms with Crippen molar-refractivity contribution >= 4 is 17.5 Å². The maximum atomic E-state index is 11.9. The quantitative estimate of drug-likeness (QED) is 0.807. The number of likely N-dealkylation sites (tertiary alicyclic amines) is 1. The van der Waals surface area contributed by atoms with Gasteiger partial charge in [0, 0.05) is 26.7 Å². The third kappa shape index (κ3) is 4.44. The van der Waals surface area contributed by atoms with E-state index in [1.807, 2.05) is 0 Å². The number of carbonyl (C=O) groups is 1. The van der Waals surface area contributed by atoms with E-state index in [2.05, 4.69) is 15.2 Å². The first-order chi connectivity index (χ1) is 9.69. The molecule has 2 rings (SSSR count). The van der Waals surface area contributed by atoms with Gasteiger partial charge < -0.3 is 15.0 Å². The standard InChI is InChI=1S/C14H20ClN3O2/c1-20-8-7-18-6-5-11(10-18)9-16-14(19)12-3-2-4-13(15)17-12/h2-4,11H,5-10H2,1H3,(H,16,19). The predicted molar refractivity (Wildman–Crippen MR) is 78.0 cm³/mol. The first-order valence-electron chi connectivity index (χ1n) is 6.81. The Morgan fingerprint density at radius 2 is 2.45 bits per heavy atom. The van der Waals surface area contributed by atoms with Crippen LogP contribution in [0.2, 0.25) is 5.15 Å². The minimum absolute atomic E-state index is 0.164. The minimum atomic E-state index is -0.164. The number of hydrogen-bond donors (Lipinski definition) is 1. The second-order valence-corrected chi connectivity index (χ2v) is 5.39. The van der Waals surface area contributed by atoms with Crippen molar-refractivity contribution in [2.45, 2.75) is 6.42 Å². The molecule has 0 bridgehead atoms. The van der Waals surface area contributed by atoms with Gasteiger partial charge in [0.15, 0.2) is 0 Å². The maximum absolute atomic E-state index is 11.9. The highest BCUT2D eigenvalue weighted by Crippen LogP contribution is 2.15. The molecule has 1 atom stereocenters. The highest BCUT2D eigenvalue weighted by atomic mass is 35.5. The highest BCUT2D eigenvalue weighted by molar-refractivity contribution is 6.29. The molecule has 1 aliphatic rings. The van der Waals surface area contributed by atoms with Crippen LogP contribution in [-0.2, 0) is 4.74 Å². The molecule has 1 aliphatic heterocycles. The van der Waals surface area contributed by atoms with E-state index in [4.69, 9.17) is 16.3 Å². The summed E-state index contributed by atoms with van der Waals surface area (Å²) in [7, 11) is 1.71. The molecule has 6 heteroatoms. The lowest BCUT2D eigenvalue weighted by Gasteiger charge is -2.15. The second kappa shape index (κ2) is 7.57. The van der Waals surface area contributed by atoms with E-state index in [1.54, 1.807) is 25.3 Å². The van der Waals surface area contributed by atoms with Crippen molar-refractivity contribution < 1.29 is 9.53 Å². The zero-order chi connectivity index (χ0) is 14.4. The smallest absolute Gasteiger partial charge is 0.269 e. The summed E-state index contributed by atoms with van der Waals surface area (Å²) in [6.07, 6.45) is 1.10. The lowest BCUT2D eigenvalue weighted by molar-refractivity contribution is 0.0941. The molecule has 110 valence electrons. The van der Waals surface area contributed by atoms with E-state index in [0.29, 0.717) is 23.3 Å². The molecule has 1 amide bonds. The van der Waals surface area contributed by atoms with Crippen molar-refractivity contribution in [1.29, 1.82) is 0 Å². The molecule has 0 radical (unpaired) electrons. The van der Waals surface area contributed by atoms with Crippen LogP contribution in [0, 0.1) is 5.92 Å². The lowest BCUT2D eigenvalue weighted by Crippen LogP contribution is -2.32. The van der Waals surface area contributed by atoms with Gasteiger partial charge in [0.05, 0.1) is 6.61 Å². The number of methoxy groups -OCH3 is 1. The van der Waals surface area contributed by atoms with E-state index >= 15 is 0 Å². The molecule has 0 aliphatic carbocycles. The molecule has 1 N–H and O–H groups in total.